The standard InChI is InChI=1S/C16H27NOS/c1-12(2)8-9-19-11-15(17-4)14-10-13(3)6-7-16(14)18-5/h6-7,10,12,15,17H,8-9,11H2,1-5H3. The molecule has 0 aliphatic rings. The summed E-state index contributed by atoms with van der Waals surface area (Å²) < 4.78 is 5.48. The van der Waals surface area contributed by atoms with Gasteiger partial charge < -0.3 is 10.1 Å². The van der Waals surface area contributed by atoms with Crippen LogP contribution in [0, 0.1) is 12.8 Å². The summed E-state index contributed by atoms with van der Waals surface area (Å²) in [6, 6.07) is 6.74. The van der Waals surface area contributed by atoms with E-state index in [2.05, 4.69) is 44.3 Å². The summed E-state index contributed by atoms with van der Waals surface area (Å²) in [5, 5.41) is 3.41. The van der Waals surface area contributed by atoms with E-state index >= 15 is 0 Å². The van der Waals surface area contributed by atoms with Crippen LogP contribution < -0.4 is 10.1 Å². The van der Waals surface area contributed by atoms with Gasteiger partial charge in [-0.15, -0.1) is 0 Å². The summed E-state index contributed by atoms with van der Waals surface area (Å²) in [7, 11) is 3.77. The SMILES string of the molecule is CNC(CSCCC(C)C)c1cc(C)ccc1OC. The van der Waals surface area contributed by atoms with Crippen molar-refractivity contribution in [2.75, 3.05) is 25.7 Å². The van der Waals surface area contributed by atoms with Crippen LogP contribution in [0.3, 0.4) is 0 Å². The second-order valence-electron chi connectivity index (χ2n) is 5.34. The first-order valence-electron chi connectivity index (χ1n) is 6.98. The molecule has 0 aromatic heterocycles. The molecule has 0 radical (unpaired) electrons. The van der Waals surface area contributed by atoms with Crippen molar-refractivity contribution < 1.29 is 4.74 Å². The lowest BCUT2D eigenvalue weighted by atomic mass is 10.0. The fourth-order valence-electron chi connectivity index (χ4n) is 1.97. The zero-order valence-corrected chi connectivity index (χ0v) is 13.6. The Morgan fingerprint density at radius 2 is 2.05 bits per heavy atom. The van der Waals surface area contributed by atoms with Crippen LogP contribution in [0.5, 0.6) is 5.75 Å². The number of hydrogen-bond acceptors (Lipinski definition) is 3. The topological polar surface area (TPSA) is 21.3 Å². The van der Waals surface area contributed by atoms with Crippen molar-refractivity contribution in [2.24, 2.45) is 5.92 Å². The van der Waals surface area contributed by atoms with Gasteiger partial charge in [0.2, 0.25) is 0 Å². The number of hydrogen-bond donors (Lipinski definition) is 1. The van der Waals surface area contributed by atoms with Gasteiger partial charge in [-0.05, 0) is 38.1 Å². The molecule has 0 spiro atoms. The summed E-state index contributed by atoms with van der Waals surface area (Å²) >= 11 is 2.02. The predicted molar refractivity (Wildman–Crippen MR) is 86.3 cm³/mol. The van der Waals surface area contributed by atoms with E-state index in [1.165, 1.54) is 23.3 Å². The molecule has 19 heavy (non-hydrogen) atoms. The van der Waals surface area contributed by atoms with E-state index in [4.69, 9.17) is 4.74 Å². The molecule has 1 aromatic carbocycles. The van der Waals surface area contributed by atoms with Crippen LogP contribution in [0.2, 0.25) is 0 Å². The van der Waals surface area contributed by atoms with Gasteiger partial charge in [0.1, 0.15) is 5.75 Å². The highest BCUT2D eigenvalue weighted by atomic mass is 32.2. The third-order valence-electron chi connectivity index (χ3n) is 3.23. The van der Waals surface area contributed by atoms with Gasteiger partial charge in [0.25, 0.3) is 0 Å². The molecule has 0 aliphatic carbocycles. The Kier molecular flexibility index (Phi) is 7.32. The van der Waals surface area contributed by atoms with Gasteiger partial charge in [-0.3, -0.25) is 0 Å². The summed E-state index contributed by atoms with van der Waals surface area (Å²) in [6.07, 6.45) is 1.28. The van der Waals surface area contributed by atoms with Gasteiger partial charge in [0.05, 0.1) is 7.11 Å². The highest BCUT2D eigenvalue weighted by Gasteiger charge is 2.14. The van der Waals surface area contributed by atoms with Crippen molar-refractivity contribution in [1.29, 1.82) is 0 Å². The Bertz CT molecular complexity index is 379. The van der Waals surface area contributed by atoms with Crippen LogP contribution in [-0.4, -0.2) is 25.7 Å². The Hall–Kier alpha value is -0.670. The van der Waals surface area contributed by atoms with Crippen LogP contribution in [0.15, 0.2) is 18.2 Å². The highest BCUT2D eigenvalue weighted by molar-refractivity contribution is 7.99. The number of methoxy groups -OCH3 is 1. The van der Waals surface area contributed by atoms with Gasteiger partial charge in [0, 0.05) is 17.4 Å². The second kappa shape index (κ2) is 8.49. The highest BCUT2D eigenvalue weighted by Crippen LogP contribution is 2.28. The normalized spacial score (nSPS) is 12.7. The zero-order chi connectivity index (χ0) is 14.3. The maximum Gasteiger partial charge on any atom is 0.123 e. The summed E-state index contributed by atoms with van der Waals surface area (Å²) in [5.74, 6) is 4.08. The van der Waals surface area contributed by atoms with Gasteiger partial charge in [0.15, 0.2) is 0 Å². The Morgan fingerprint density at radius 3 is 2.63 bits per heavy atom. The minimum Gasteiger partial charge on any atom is -0.496 e. The molecular formula is C16H27NOS. The third kappa shape index (κ3) is 5.45. The number of benzene rings is 1. The van der Waals surface area contributed by atoms with E-state index in [-0.39, 0.29) is 0 Å². The molecule has 0 aliphatic heterocycles. The largest absolute Gasteiger partial charge is 0.496 e. The van der Waals surface area contributed by atoms with Gasteiger partial charge in [-0.2, -0.15) is 11.8 Å². The maximum atomic E-state index is 5.48. The lowest BCUT2D eigenvalue weighted by Gasteiger charge is -2.20. The van der Waals surface area contributed by atoms with Crippen molar-refractivity contribution >= 4 is 11.8 Å². The fraction of sp³-hybridized carbons (Fsp3) is 0.625. The predicted octanol–water partition coefficient (Wildman–Crippen LogP) is 4.04. The third-order valence-corrected chi connectivity index (χ3v) is 4.33. The lowest BCUT2D eigenvalue weighted by Crippen LogP contribution is -2.20. The van der Waals surface area contributed by atoms with Crippen LogP contribution in [0.4, 0.5) is 0 Å². The van der Waals surface area contributed by atoms with Crippen molar-refractivity contribution in [3.8, 4) is 5.75 Å². The Balaban J connectivity index is 2.65. The van der Waals surface area contributed by atoms with E-state index in [1.807, 2.05) is 18.8 Å². The molecule has 0 amide bonds. The molecule has 0 heterocycles. The quantitative estimate of drug-likeness (QED) is 0.727. The monoisotopic (exact) mass is 281 g/mol. The minimum absolute atomic E-state index is 0.354. The average Bonchev–Trinajstić information content (AvgIpc) is 2.38. The van der Waals surface area contributed by atoms with Crippen molar-refractivity contribution in [3.05, 3.63) is 29.3 Å². The molecule has 1 unspecified atom stereocenters. The van der Waals surface area contributed by atoms with Crippen molar-refractivity contribution in [3.63, 3.8) is 0 Å². The van der Waals surface area contributed by atoms with E-state index in [0.717, 1.165) is 17.4 Å². The number of ether oxygens (including phenoxy) is 1. The van der Waals surface area contributed by atoms with Crippen LogP contribution >= 0.6 is 11.8 Å². The first-order chi connectivity index (χ1) is 9.08. The second-order valence-corrected chi connectivity index (χ2v) is 6.49. The Labute approximate surface area is 122 Å². The van der Waals surface area contributed by atoms with Crippen molar-refractivity contribution in [2.45, 2.75) is 33.2 Å². The molecule has 108 valence electrons. The number of nitrogens with one attached hydrogen (secondary N) is 1. The molecule has 1 aromatic rings. The van der Waals surface area contributed by atoms with Gasteiger partial charge >= 0.3 is 0 Å². The first kappa shape index (κ1) is 16.4. The zero-order valence-electron chi connectivity index (χ0n) is 12.8. The van der Waals surface area contributed by atoms with Crippen LogP contribution in [0.25, 0.3) is 0 Å². The average molecular weight is 281 g/mol. The molecule has 0 saturated carbocycles. The lowest BCUT2D eigenvalue weighted by molar-refractivity contribution is 0.404. The fourth-order valence-corrected chi connectivity index (χ4v) is 3.36. The number of thioether (sulfide) groups is 1. The number of rotatable bonds is 8. The van der Waals surface area contributed by atoms with Crippen LogP contribution in [-0.2, 0) is 0 Å². The molecule has 1 N–H and O–H groups in total. The maximum absolute atomic E-state index is 5.48. The summed E-state index contributed by atoms with van der Waals surface area (Å²) in [5.41, 5.74) is 2.55. The smallest absolute Gasteiger partial charge is 0.123 e. The summed E-state index contributed by atoms with van der Waals surface area (Å²) in [4.78, 5) is 0. The van der Waals surface area contributed by atoms with Gasteiger partial charge in [-0.1, -0.05) is 31.5 Å². The van der Waals surface area contributed by atoms with Crippen LogP contribution in [0.1, 0.15) is 37.4 Å². The summed E-state index contributed by atoms with van der Waals surface area (Å²) in [6.45, 7) is 6.68. The van der Waals surface area contributed by atoms with E-state index in [1.54, 1.807) is 7.11 Å². The molecule has 1 atom stereocenters. The van der Waals surface area contributed by atoms with E-state index in [0.29, 0.717) is 6.04 Å². The molecule has 3 heteroatoms. The van der Waals surface area contributed by atoms with Gasteiger partial charge in [-0.25, -0.2) is 0 Å². The molecule has 2 nitrogen and oxygen atoms in total. The molecule has 0 fully saturated rings. The molecule has 0 bridgehead atoms. The molecule has 0 saturated heterocycles. The van der Waals surface area contributed by atoms with E-state index < -0.39 is 0 Å². The van der Waals surface area contributed by atoms with Crippen molar-refractivity contribution in [1.82, 2.24) is 5.32 Å². The Morgan fingerprint density at radius 1 is 1.32 bits per heavy atom. The minimum atomic E-state index is 0.354. The number of aryl methyl sites for hydroxylation is 1. The molecular weight excluding hydrogens is 254 g/mol. The first-order valence-corrected chi connectivity index (χ1v) is 8.13. The van der Waals surface area contributed by atoms with E-state index in [9.17, 15) is 0 Å². The molecule has 1 rings (SSSR count).